The van der Waals surface area contributed by atoms with Gasteiger partial charge in [0.15, 0.2) is 0 Å². The van der Waals surface area contributed by atoms with Crippen molar-refractivity contribution in [3.63, 3.8) is 0 Å². The first-order valence-electron chi connectivity index (χ1n) is 6.09. The number of aromatic nitrogens is 2. The van der Waals surface area contributed by atoms with Gasteiger partial charge in [-0.25, -0.2) is 4.39 Å². The predicted molar refractivity (Wildman–Crippen MR) is 69.8 cm³/mol. The summed E-state index contributed by atoms with van der Waals surface area (Å²) >= 11 is 0. The highest BCUT2D eigenvalue weighted by Crippen LogP contribution is 2.35. The smallest absolute Gasteiger partial charge is 0.126 e. The molecule has 0 amide bonds. The lowest BCUT2D eigenvalue weighted by Crippen LogP contribution is -2.18. The van der Waals surface area contributed by atoms with Crippen molar-refractivity contribution in [2.24, 2.45) is 0 Å². The normalized spacial score (nSPS) is 15.3. The zero-order valence-electron chi connectivity index (χ0n) is 9.99. The lowest BCUT2D eigenvalue weighted by atomic mass is 10.1. The first-order chi connectivity index (χ1) is 8.75. The van der Waals surface area contributed by atoms with Crippen molar-refractivity contribution in [2.75, 3.05) is 23.7 Å². The maximum Gasteiger partial charge on any atom is 0.126 e. The Bertz CT molecular complexity index is 558. The van der Waals surface area contributed by atoms with E-state index in [9.17, 15) is 4.39 Å². The lowest BCUT2D eigenvalue weighted by molar-refractivity contribution is 0.628. The van der Waals surface area contributed by atoms with Gasteiger partial charge in [0.05, 0.1) is 6.20 Å². The molecule has 0 radical (unpaired) electrons. The average molecular weight is 246 g/mol. The number of H-pyrrole nitrogens is 1. The van der Waals surface area contributed by atoms with Crippen molar-refractivity contribution >= 4 is 11.5 Å². The molecule has 1 fully saturated rings. The minimum atomic E-state index is -0.256. The number of nitrogen functional groups attached to an aromatic ring is 1. The number of rotatable bonds is 2. The SMILES string of the molecule is Nc1[nH]ncc1-c1cc(F)ccc1N1CCCC1. The number of halogens is 1. The van der Waals surface area contributed by atoms with E-state index in [1.54, 1.807) is 6.20 Å². The van der Waals surface area contributed by atoms with Gasteiger partial charge in [0.25, 0.3) is 0 Å². The molecule has 18 heavy (non-hydrogen) atoms. The highest BCUT2D eigenvalue weighted by Gasteiger charge is 2.18. The fourth-order valence-corrected chi connectivity index (χ4v) is 2.47. The largest absolute Gasteiger partial charge is 0.384 e. The summed E-state index contributed by atoms with van der Waals surface area (Å²) in [4.78, 5) is 2.27. The standard InChI is InChI=1S/C13H15FN4/c14-9-3-4-12(18-5-1-2-6-18)10(7-9)11-8-16-17-13(11)15/h3-4,7-8H,1-2,5-6H2,(H3,15,16,17). The van der Waals surface area contributed by atoms with Crippen LogP contribution in [0.2, 0.25) is 0 Å². The van der Waals surface area contributed by atoms with E-state index in [0.29, 0.717) is 5.82 Å². The van der Waals surface area contributed by atoms with Crippen LogP contribution in [0.3, 0.4) is 0 Å². The molecule has 0 unspecified atom stereocenters. The van der Waals surface area contributed by atoms with Crippen LogP contribution >= 0.6 is 0 Å². The summed E-state index contributed by atoms with van der Waals surface area (Å²) in [6.07, 6.45) is 4.00. The summed E-state index contributed by atoms with van der Waals surface area (Å²) in [5, 5.41) is 6.60. The van der Waals surface area contributed by atoms with Crippen molar-refractivity contribution in [1.29, 1.82) is 0 Å². The van der Waals surface area contributed by atoms with E-state index in [-0.39, 0.29) is 5.82 Å². The maximum atomic E-state index is 13.5. The Morgan fingerprint density at radius 2 is 2.00 bits per heavy atom. The Morgan fingerprint density at radius 1 is 1.22 bits per heavy atom. The molecule has 0 aliphatic carbocycles. The van der Waals surface area contributed by atoms with Crippen LogP contribution in [0.4, 0.5) is 15.9 Å². The van der Waals surface area contributed by atoms with Crippen LogP contribution in [-0.4, -0.2) is 23.3 Å². The summed E-state index contributed by atoms with van der Waals surface area (Å²) in [5.74, 6) is 0.217. The van der Waals surface area contributed by atoms with Gasteiger partial charge in [0.1, 0.15) is 11.6 Å². The number of aromatic amines is 1. The van der Waals surface area contributed by atoms with E-state index >= 15 is 0 Å². The summed E-state index contributed by atoms with van der Waals surface area (Å²) in [6, 6.07) is 4.84. The number of nitrogens with zero attached hydrogens (tertiary/aromatic N) is 2. The third-order valence-electron chi connectivity index (χ3n) is 3.36. The molecule has 1 aliphatic heterocycles. The molecule has 5 heteroatoms. The summed E-state index contributed by atoms with van der Waals surface area (Å²) < 4.78 is 13.5. The van der Waals surface area contributed by atoms with Crippen LogP contribution in [0.5, 0.6) is 0 Å². The van der Waals surface area contributed by atoms with Crippen LogP contribution in [-0.2, 0) is 0 Å². The molecular weight excluding hydrogens is 231 g/mol. The molecule has 1 aliphatic rings. The summed E-state index contributed by atoms with van der Waals surface area (Å²) in [7, 11) is 0. The van der Waals surface area contributed by atoms with Crippen molar-refractivity contribution in [3.8, 4) is 11.1 Å². The summed E-state index contributed by atoms with van der Waals surface area (Å²) in [5.41, 5.74) is 8.43. The monoisotopic (exact) mass is 246 g/mol. The van der Waals surface area contributed by atoms with Crippen molar-refractivity contribution in [3.05, 3.63) is 30.2 Å². The molecule has 2 heterocycles. The van der Waals surface area contributed by atoms with E-state index < -0.39 is 0 Å². The van der Waals surface area contributed by atoms with Crippen LogP contribution in [0.1, 0.15) is 12.8 Å². The van der Waals surface area contributed by atoms with Crippen molar-refractivity contribution in [2.45, 2.75) is 12.8 Å². The first kappa shape index (κ1) is 11.1. The predicted octanol–water partition coefficient (Wildman–Crippen LogP) is 2.40. The number of anilines is 2. The number of nitrogens with one attached hydrogen (secondary N) is 1. The Balaban J connectivity index is 2.11. The second-order valence-corrected chi connectivity index (χ2v) is 4.55. The van der Waals surface area contributed by atoms with Crippen molar-refractivity contribution in [1.82, 2.24) is 10.2 Å². The van der Waals surface area contributed by atoms with Gasteiger partial charge in [-0.3, -0.25) is 5.10 Å². The Kier molecular flexibility index (Phi) is 2.66. The van der Waals surface area contributed by atoms with E-state index in [2.05, 4.69) is 15.1 Å². The van der Waals surface area contributed by atoms with Gasteiger partial charge < -0.3 is 10.6 Å². The molecule has 4 nitrogen and oxygen atoms in total. The average Bonchev–Trinajstić information content (AvgIpc) is 2.99. The van der Waals surface area contributed by atoms with Crippen molar-refractivity contribution < 1.29 is 4.39 Å². The second-order valence-electron chi connectivity index (χ2n) is 4.55. The van der Waals surface area contributed by atoms with Gasteiger partial charge in [-0.05, 0) is 31.0 Å². The van der Waals surface area contributed by atoms with E-state index in [0.717, 1.165) is 29.9 Å². The van der Waals surface area contributed by atoms with Crippen LogP contribution in [0.15, 0.2) is 24.4 Å². The molecule has 0 saturated carbocycles. The lowest BCUT2D eigenvalue weighted by Gasteiger charge is -2.21. The van der Waals surface area contributed by atoms with E-state index in [4.69, 9.17) is 5.73 Å². The molecule has 0 bridgehead atoms. The quantitative estimate of drug-likeness (QED) is 0.855. The zero-order chi connectivity index (χ0) is 12.5. The van der Waals surface area contributed by atoms with Gasteiger partial charge in [-0.1, -0.05) is 0 Å². The first-order valence-corrected chi connectivity index (χ1v) is 6.09. The number of nitrogens with two attached hydrogens (primary N) is 1. The number of benzene rings is 1. The van der Waals surface area contributed by atoms with Crippen LogP contribution in [0, 0.1) is 5.82 Å². The molecule has 1 saturated heterocycles. The maximum absolute atomic E-state index is 13.5. The highest BCUT2D eigenvalue weighted by atomic mass is 19.1. The molecular formula is C13H15FN4. The Labute approximate surface area is 105 Å². The van der Waals surface area contributed by atoms with Gasteiger partial charge in [0.2, 0.25) is 0 Å². The number of hydrogen-bond acceptors (Lipinski definition) is 3. The number of hydrogen-bond donors (Lipinski definition) is 2. The van der Waals surface area contributed by atoms with Gasteiger partial charge >= 0.3 is 0 Å². The van der Waals surface area contributed by atoms with Crippen LogP contribution < -0.4 is 10.6 Å². The summed E-state index contributed by atoms with van der Waals surface area (Å²) in [6.45, 7) is 2.02. The molecule has 1 aromatic heterocycles. The third-order valence-corrected chi connectivity index (χ3v) is 3.36. The van der Waals surface area contributed by atoms with Crippen LogP contribution in [0.25, 0.3) is 11.1 Å². The minimum absolute atomic E-state index is 0.256. The Hall–Kier alpha value is -2.04. The van der Waals surface area contributed by atoms with Gasteiger partial charge in [0, 0.05) is 29.9 Å². The third kappa shape index (κ3) is 1.81. The molecule has 2 aromatic rings. The topological polar surface area (TPSA) is 57.9 Å². The fraction of sp³-hybridized carbons (Fsp3) is 0.308. The molecule has 3 N–H and O–H groups in total. The molecule has 3 rings (SSSR count). The second kappa shape index (κ2) is 4.33. The van der Waals surface area contributed by atoms with Gasteiger partial charge in [-0.2, -0.15) is 5.10 Å². The highest BCUT2D eigenvalue weighted by molar-refractivity contribution is 5.84. The molecule has 0 spiro atoms. The zero-order valence-corrected chi connectivity index (χ0v) is 9.99. The van der Waals surface area contributed by atoms with Gasteiger partial charge in [-0.15, -0.1) is 0 Å². The van der Waals surface area contributed by atoms with E-state index in [1.165, 1.54) is 25.0 Å². The molecule has 0 atom stereocenters. The Morgan fingerprint density at radius 3 is 2.67 bits per heavy atom. The van der Waals surface area contributed by atoms with E-state index in [1.807, 2.05) is 6.07 Å². The molecule has 94 valence electrons. The molecule has 1 aromatic carbocycles. The fourth-order valence-electron chi connectivity index (χ4n) is 2.47. The minimum Gasteiger partial charge on any atom is -0.384 e.